The Kier molecular flexibility index (Phi) is 10.8. The van der Waals surface area contributed by atoms with Gasteiger partial charge in [-0.15, -0.1) is 11.8 Å². The zero-order chi connectivity index (χ0) is 23.4. The molecule has 1 aliphatic rings. The predicted molar refractivity (Wildman–Crippen MR) is 149 cm³/mol. The van der Waals surface area contributed by atoms with E-state index < -0.39 is 4.93 Å². The first kappa shape index (κ1) is 25.8. The van der Waals surface area contributed by atoms with Crippen molar-refractivity contribution in [1.29, 1.82) is 0 Å². The lowest BCUT2D eigenvalue weighted by molar-refractivity contribution is 0.256. The molecule has 0 amide bonds. The number of hydrogen-bond acceptors (Lipinski definition) is 3. The Balaban J connectivity index is 1.68. The summed E-state index contributed by atoms with van der Waals surface area (Å²) in [5.74, 6) is 1.34. The fourth-order valence-electron chi connectivity index (χ4n) is 4.04. The van der Waals surface area contributed by atoms with Crippen molar-refractivity contribution in [3.05, 3.63) is 95.6 Å². The van der Waals surface area contributed by atoms with Crippen molar-refractivity contribution in [1.82, 2.24) is 0 Å². The van der Waals surface area contributed by atoms with E-state index >= 15 is 0 Å². The van der Waals surface area contributed by atoms with E-state index in [1.807, 2.05) is 11.8 Å². The van der Waals surface area contributed by atoms with E-state index in [0.717, 1.165) is 17.7 Å². The molecule has 1 nitrogen and oxygen atoms in total. The molecule has 0 heterocycles. The molecule has 176 valence electrons. The van der Waals surface area contributed by atoms with Crippen LogP contribution in [0.4, 0.5) is 0 Å². The Labute approximate surface area is 210 Å². The van der Waals surface area contributed by atoms with Crippen LogP contribution in [0.1, 0.15) is 81.4 Å². The van der Waals surface area contributed by atoms with Crippen molar-refractivity contribution >= 4 is 29.0 Å². The molecule has 33 heavy (non-hydrogen) atoms. The van der Waals surface area contributed by atoms with Crippen molar-refractivity contribution in [3.8, 4) is 0 Å². The maximum atomic E-state index is 6.51. The fourth-order valence-corrected chi connectivity index (χ4v) is 5.52. The van der Waals surface area contributed by atoms with Gasteiger partial charge in [-0.25, -0.2) is 0 Å². The Bertz CT molecular complexity index is 885. The summed E-state index contributed by atoms with van der Waals surface area (Å²) in [6.45, 7) is 4.49. The second kappa shape index (κ2) is 13.8. The van der Waals surface area contributed by atoms with Gasteiger partial charge < -0.3 is 4.74 Å². The van der Waals surface area contributed by atoms with Crippen LogP contribution in [-0.2, 0) is 11.2 Å². The minimum atomic E-state index is -0.533. The summed E-state index contributed by atoms with van der Waals surface area (Å²) in [6.07, 6.45) is 18.9. The monoisotopic (exact) mass is 478 g/mol. The van der Waals surface area contributed by atoms with Crippen LogP contribution >= 0.6 is 24.0 Å². The summed E-state index contributed by atoms with van der Waals surface area (Å²) in [6, 6.07) is 19.2. The number of thiocarbonyl (C=S) groups is 1. The van der Waals surface area contributed by atoms with Crippen LogP contribution in [0.5, 0.6) is 0 Å². The Morgan fingerprint density at radius 2 is 1.52 bits per heavy atom. The smallest absolute Gasteiger partial charge is 0.193 e. The molecule has 3 heteroatoms. The molecule has 0 bridgehead atoms. The zero-order valence-corrected chi connectivity index (χ0v) is 21.8. The second-order valence-electron chi connectivity index (χ2n) is 8.83. The van der Waals surface area contributed by atoms with E-state index in [-0.39, 0.29) is 5.92 Å². The number of allylic oxidation sites excluding steroid dienone is 2. The van der Waals surface area contributed by atoms with Crippen molar-refractivity contribution < 1.29 is 4.74 Å². The van der Waals surface area contributed by atoms with Crippen molar-refractivity contribution in [3.63, 3.8) is 0 Å². The standard InChI is InChI=1S/C30H38OS2/c1-3-5-7-12-24-33-30(22-20-27(21-23-30)26-14-10-8-11-15-26)31-29(32)28-18-16-25(17-19-28)13-9-6-4-2/h8,10-11,14-23,27H,3-7,9,12-13,24H2,1-2H3. The number of benzene rings is 2. The fraction of sp³-hybridized carbons (Fsp3) is 0.433. The summed E-state index contributed by atoms with van der Waals surface area (Å²) in [5.41, 5.74) is 3.66. The highest BCUT2D eigenvalue weighted by atomic mass is 32.2. The van der Waals surface area contributed by atoms with E-state index in [1.54, 1.807) is 0 Å². The molecule has 0 N–H and O–H groups in total. The number of rotatable bonds is 13. The van der Waals surface area contributed by atoms with Crippen molar-refractivity contribution in [2.75, 3.05) is 5.75 Å². The number of hydrogen-bond donors (Lipinski definition) is 0. The average molecular weight is 479 g/mol. The summed E-state index contributed by atoms with van der Waals surface area (Å²) >= 11 is 7.61. The van der Waals surface area contributed by atoms with Crippen LogP contribution in [0.2, 0.25) is 0 Å². The van der Waals surface area contributed by atoms with E-state index in [2.05, 4.69) is 92.7 Å². The summed E-state index contributed by atoms with van der Waals surface area (Å²) in [5, 5.41) is 0.573. The molecule has 0 aliphatic heterocycles. The van der Waals surface area contributed by atoms with Crippen LogP contribution in [-0.4, -0.2) is 15.7 Å². The Morgan fingerprint density at radius 3 is 2.18 bits per heavy atom. The molecule has 2 aromatic carbocycles. The van der Waals surface area contributed by atoms with Gasteiger partial charge in [0.25, 0.3) is 0 Å². The largest absolute Gasteiger partial charge is 0.458 e. The quantitative estimate of drug-likeness (QED) is 0.123. The normalized spacial score (nSPS) is 19.5. The van der Waals surface area contributed by atoms with E-state index in [0.29, 0.717) is 5.05 Å². The highest BCUT2D eigenvalue weighted by molar-refractivity contribution is 8.00. The van der Waals surface area contributed by atoms with Gasteiger partial charge in [-0.05, 0) is 60.5 Å². The van der Waals surface area contributed by atoms with Gasteiger partial charge in [0.05, 0.1) is 0 Å². The minimum Gasteiger partial charge on any atom is -0.458 e. The molecule has 0 spiro atoms. The van der Waals surface area contributed by atoms with Crippen molar-refractivity contribution in [2.24, 2.45) is 0 Å². The van der Waals surface area contributed by atoms with Gasteiger partial charge in [0.2, 0.25) is 0 Å². The van der Waals surface area contributed by atoms with Gasteiger partial charge in [-0.2, -0.15) is 0 Å². The third-order valence-corrected chi connectivity index (χ3v) is 7.71. The molecular weight excluding hydrogens is 440 g/mol. The molecule has 3 rings (SSSR count). The van der Waals surface area contributed by atoms with Gasteiger partial charge in [-0.1, -0.05) is 113 Å². The zero-order valence-electron chi connectivity index (χ0n) is 20.2. The minimum absolute atomic E-state index is 0.277. The highest BCUT2D eigenvalue weighted by Crippen LogP contribution is 2.38. The molecule has 2 aromatic rings. The van der Waals surface area contributed by atoms with Gasteiger partial charge in [0, 0.05) is 11.5 Å². The van der Waals surface area contributed by atoms with Gasteiger partial charge >= 0.3 is 0 Å². The molecule has 1 aliphatic carbocycles. The molecule has 0 saturated heterocycles. The van der Waals surface area contributed by atoms with E-state index in [1.165, 1.54) is 56.1 Å². The van der Waals surface area contributed by atoms with E-state index in [9.17, 15) is 0 Å². The van der Waals surface area contributed by atoms with Gasteiger partial charge in [0.1, 0.15) is 0 Å². The number of ether oxygens (including phenoxy) is 1. The first-order valence-electron chi connectivity index (χ1n) is 12.6. The maximum absolute atomic E-state index is 6.51. The SMILES string of the molecule is CCCCCCSC1(OC(=S)c2ccc(CCCCC)cc2)C=CC(c2ccccc2)C=C1. The van der Waals surface area contributed by atoms with Crippen LogP contribution in [0, 0.1) is 0 Å². The molecule has 0 unspecified atom stereocenters. The van der Waals surface area contributed by atoms with Crippen LogP contribution in [0.15, 0.2) is 78.9 Å². The van der Waals surface area contributed by atoms with Gasteiger partial charge in [0.15, 0.2) is 9.98 Å². The van der Waals surface area contributed by atoms with Crippen LogP contribution in [0.25, 0.3) is 0 Å². The lowest BCUT2D eigenvalue weighted by atomic mass is 9.94. The number of thioether (sulfide) groups is 1. The van der Waals surface area contributed by atoms with E-state index in [4.69, 9.17) is 17.0 Å². The van der Waals surface area contributed by atoms with Gasteiger partial charge in [-0.3, -0.25) is 0 Å². The Morgan fingerprint density at radius 1 is 0.848 bits per heavy atom. The number of aryl methyl sites for hydroxylation is 1. The summed E-state index contributed by atoms with van der Waals surface area (Å²) in [7, 11) is 0. The molecule has 0 fully saturated rings. The van der Waals surface area contributed by atoms with Crippen LogP contribution < -0.4 is 0 Å². The number of unbranched alkanes of at least 4 members (excludes halogenated alkanes) is 5. The topological polar surface area (TPSA) is 9.23 Å². The van der Waals surface area contributed by atoms with Crippen LogP contribution in [0.3, 0.4) is 0 Å². The third kappa shape index (κ3) is 8.15. The summed E-state index contributed by atoms with van der Waals surface area (Å²) < 4.78 is 6.51. The average Bonchev–Trinajstić information content (AvgIpc) is 2.85. The molecule has 0 saturated carbocycles. The molecular formula is C30H38OS2. The molecule has 0 atom stereocenters. The lowest BCUT2D eigenvalue weighted by Gasteiger charge is -2.31. The third-order valence-electron chi connectivity index (χ3n) is 6.09. The Hall–Kier alpha value is -1.84. The summed E-state index contributed by atoms with van der Waals surface area (Å²) in [4.78, 5) is -0.533. The predicted octanol–water partition coefficient (Wildman–Crippen LogP) is 9.03. The second-order valence-corrected chi connectivity index (χ2v) is 10.5. The first-order chi connectivity index (χ1) is 16.2. The first-order valence-corrected chi connectivity index (χ1v) is 13.9. The molecule has 0 aromatic heterocycles. The lowest BCUT2D eigenvalue weighted by Crippen LogP contribution is -2.29. The van der Waals surface area contributed by atoms with Crippen molar-refractivity contribution in [2.45, 2.75) is 76.1 Å². The maximum Gasteiger partial charge on any atom is 0.193 e. The highest BCUT2D eigenvalue weighted by Gasteiger charge is 2.31. The molecule has 0 radical (unpaired) electrons.